The summed E-state index contributed by atoms with van der Waals surface area (Å²) in [5, 5.41) is 0. The number of anilines is 1. The van der Waals surface area contributed by atoms with E-state index in [9.17, 15) is 4.79 Å². The van der Waals surface area contributed by atoms with Gasteiger partial charge in [-0.1, -0.05) is 12.8 Å². The lowest BCUT2D eigenvalue weighted by Gasteiger charge is -2.58. The van der Waals surface area contributed by atoms with Crippen LogP contribution in [0.3, 0.4) is 0 Å². The fraction of sp³-hybridized carbons (Fsp3) is 0.650. The molecule has 2 N–H and O–H groups in total. The minimum Gasteiger partial charge on any atom is -0.495 e. The molecule has 1 saturated carbocycles. The topological polar surface area (TPSA) is 58.8 Å². The van der Waals surface area contributed by atoms with Gasteiger partial charge in [0.25, 0.3) is 0 Å². The molecule has 5 heteroatoms. The maximum Gasteiger partial charge on any atom is 0.319 e. The Kier molecular flexibility index (Phi) is 3.95. The molecule has 1 unspecified atom stereocenters. The average Bonchev–Trinajstić information content (AvgIpc) is 2.63. The first-order chi connectivity index (χ1) is 12.0. The van der Waals surface area contributed by atoms with Crippen LogP contribution in [0.5, 0.6) is 5.75 Å². The number of likely N-dealkylation sites (tertiary alicyclic amines) is 1. The summed E-state index contributed by atoms with van der Waals surface area (Å²) < 4.78 is 5.66. The number of hydrogen-bond donors (Lipinski definition) is 1. The number of ether oxygens (including phenoxy) is 1. The Hall–Kier alpha value is -1.75. The van der Waals surface area contributed by atoms with Gasteiger partial charge in [-0.2, -0.15) is 0 Å². The summed E-state index contributed by atoms with van der Waals surface area (Å²) in [4.78, 5) is 15.7. The minimum absolute atomic E-state index is 0.292. The third kappa shape index (κ3) is 2.35. The Bertz CT molecular complexity index is 704. The molecular weight excluding hydrogens is 314 g/mol. The molecule has 2 bridgehead atoms. The van der Waals surface area contributed by atoms with Crippen LogP contribution >= 0.6 is 0 Å². The van der Waals surface area contributed by atoms with Gasteiger partial charge in [-0.3, -0.25) is 4.90 Å². The van der Waals surface area contributed by atoms with Crippen molar-refractivity contribution in [3.8, 4) is 5.75 Å². The molecule has 2 aliphatic carbocycles. The van der Waals surface area contributed by atoms with Crippen molar-refractivity contribution in [3.63, 3.8) is 0 Å². The molecule has 4 rings (SSSR count). The van der Waals surface area contributed by atoms with E-state index >= 15 is 0 Å². The first-order valence-corrected chi connectivity index (χ1v) is 9.43. The Morgan fingerprint density at radius 3 is 2.88 bits per heavy atom. The molecule has 0 spiro atoms. The Labute approximate surface area is 150 Å². The molecule has 0 radical (unpaired) electrons. The molecule has 1 heterocycles. The van der Waals surface area contributed by atoms with Gasteiger partial charge in [0.1, 0.15) is 5.75 Å². The Balaban J connectivity index is 1.88. The summed E-state index contributed by atoms with van der Waals surface area (Å²) in [6, 6.07) is 4.52. The summed E-state index contributed by atoms with van der Waals surface area (Å²) in [6.07, 6.45) is 7.57. The standard InChI is InChI=1S/C20H29N3O2/c1-22-9-8-20-7-5-4-6-14(20)16(22)10-13-11-17(23(2)19(21)24)18(25-3)12-15(13)20/h11-12,14,16H,4-10H2,1-3H3,(H2,21,24)/t14?,16-,20-/m0/s1. The predicted octanol–water partition coefficient (Wildman–Crippen LogP) is 2.90. The number of carbonyl (C=O) groups is 1. The number of carbonyl (C=O) groups excluding carboxylic acids is 1. The van der Waals surface area contributed by atoms with Crippen LogP contribution in [-0.2, 0) is 11.8 Å². The van der Waals surface area contributed by atoms with E-state index in [1.807, 2.05) is 0 Å². The molecule has 1 saturated heterocycles. The number of piperidine rings is 1. The number of nitrogens with two attached hydrogens (primary N) is 1. The molecule has 2 fully saturated rings. The number of nitrogens with zero attached hydrogens (tertiary/aromatic N) is 2. The number of likely N-dealkylation sites (N-methyl/N-ethyl adjacent to an activating group) is 1. The number of primary amides is 1. The fourth-order valence-corrected chi connectivity index (χ4v) is 5.77. The van der Waals surface area contributed by atoms with Crippen LogP contribution in [0.25, 0.3) is 0 Å². The van der Waals surface area contributed by atoms with Crippen LogP contribution in [0.4, 0.5) is 10.5 Å². The van der Waals surface area contributed by atoms with E-state index in [1.165, 1.54) is 54.7 Å². The van der Waals surface area contributed by atoms with Crippen LogP contribution in [0, 0.1) is 5.92 Å². The van der Waals surface area contributed by atoms with Gasteiger partial charge in [0.05, 0.1) is 12.8 Å². The van der Waals surface area contributed by atoms with E-state index in [0.29, 0.717) is 11.5 Å². The average molecular weight is 343 g/mol. The predicted molar refractivity (Wildman–Crippen MR) is 99.4 cm³/mol. The highest BCUT2D eigenvalue weighted by Gasteiger charge is 2.53. The van der Waals surface area contributed by atoms with E-state index in [-0.39, 0.29) is 0 Å². The van der Waals surface area contributed by atoms with E-state index in [1.54, 1.807) is 14.2 Å². The number of methoxy groups -OCH3 is 1. The first-order valence-electron chi connectivity index (χ1n) is 9.43. The van der Waals surface area contributed by atoms with Crippen molar-refractivity contribution in [1.82, 2.24) is 4.90 Å². The van der Waals surface area contributed by atoms with E-state index in [2.05, 4.69) is 24.1 Å². The molecule has 5 nitrogen and oxygen atoms in total. The fourth-order valence-electron chi connectivity index (χ4n) is 5.77. The van der Waals surface area contributed by atoms with Gasteiger partial charge in [-0.05, 0) is 68.5 Å². The third-order valence-electron chi connectivity index (χ3n) is 7.10. The van der Waals surface area contributed by atoms with E-state index < -0.39 is 6.03 Å². The highest BCUT2D eigenvalue weighted by Crippen LogP contribution is 2.56. The van der Waals surface area contributed by atoms with Crippen molar-refractivity contribution in [2.24, 2.45) is 11.7 Å². The zero-order valence-electron chi connectivity index (χ0n) is 15.5. The van der Waals surface area contributed by atoms with Crippen LogP contribution in [0.1, 0.15) is 43.2 Å². The quantitative estimate of drug-likeness (QED) is 0.898. The highest BCUT2D eigenvalue weighted by molar-refractivity contribution is 5.92. The molecule has 3 atom stereocenters. The van der Waals surface area contributed by atoms with Crippen LogP contribution in [0.2, 0.25) is 0 Å². The van der Waals surface area contributed by atoms with Crippen molar-refractivity contribution in [3.05, 3.63) is 23.3 Å². The number of rotatable bonds is 2. The Morgan fingerprint density at radius 2 is 2.16 bits per heavy atom. The zero-order chi connectivity index (χ0) is 17.8. The van der Waals surface area contributed by atoms with Crippen LogP contribution in [0.15, 0.2) is 12.1 Å². The largest absolute Gasteiger partial charge is 0.495 e. The van der Waals surface area contributed by atoms with Crippen molar-refractivity contribution in [2.75, 3.05) is 32.6 Å². The number of fused-ring (bicyclic) bond motifs is 1. The van der Waals surface area contributed by atoms with Crippen molar-refractivity contribution >= 4 is 11.7 Å². The van der Waals surface area contributed by atoms with Crippen molar-refractivity contribution in [1.29, 1.82) is 0 Å². The first kappa shape index (κ1) is 16.7. The second kappa shape index (κ2) is 5.90. The molecular formula is C20H29N3O2. The maximum atomic E-state index is 11.7. The minimum atomic E-state index is -0.458. The molecule has 1 aliphatic heterocycles. The number of hydrogen-bond acceptors (Lipinski definition) is 3. The Morgan fingerprint density at radius 1 is 1.36 bits per heavy atom. The summed E-state index contributed by atoms with van der Waals surface area (Å²) >= 11 is 0. The lowest BCUT2D eigenvalue weighted by molar-refractivity contribution is 0.00276. The van der Waals surface area contributed by atoms with Gasteiger partial charge < -0.3 is 15.4 Å². The summed E-state index contributed by atoms with van der Waals surface area (Å²) in [7, 11) is 5.66. The normalized spacial score (nSPS) is 31.0. The second-order valence-corrected chi connectivity index (χ2v) is 8.09. The molecule has 0 aromatic heterocycles. The third-order valence-corrected chi connectivity index (χ3v) is 7.10. The summed E-state index contributed by atoms with van der Waals surface area (Å²) in [5.41, 5.74) is 9.43. The monoisotopic (exact) mass is 343 g/mol. The number of benzene rings is 1. The molecule has 3 aliphatic rings. The van der Waals surface area contributed by atoms with Crippen molar-refractivity contribution in [2.45, 2.75) is 50.0 Å². The summed E-state index contributed by atoms with van der Waals surface area (Å²) in [5.74, 6) is 1.51. The van der Waals surface area contributed by atoms with Gasteiger partial charge in [-0.25, -0.2) is 4.79 Å². The highest BCUT2D eigenvalue weighted by atomic mass is 16.5. The van der Waals surface area contributed by atoms with Gasteiger partial charge in [0, 0.05) is 18.5 Å². The van der Waals surface area contributed by atoms with Gasteiger partial charge in [-0.15, -0.1) is 0 Å². The maximum absolute atomic E-state index is 11.7. The van der Waals surface area contributed by atoms with Gasteiger partial charge in [0.15, 0.2) is 0 Å². The molecule has 25 heavy (non-hydrogen) atoms. The van der Waals surface area contributed by atoms with Gasteiger partial charge in [0.2, 0.25) is 0 Å². The molecule has 1 aromatic carbocycles. The number of amides is 2. The summed E-state index contributed by atoms with van der Waals surface area (Å²) in [6.45, 7) is 1.17. The van der Waals surface area contributed by atoms with E-state index in [0.717, 1.165) is 23.8 Å². The molecule has 2 amide bonds. The van der Waals surface area contributed by atoms with Crippen LogP contribution in [-0.4, -0.2) is 44.7 Å². The zero-order valence-corrected chi connectivity index (χ0v) is 15.5. The smallest absolute Gasteiger partial charge is 0.319 e. The van der Waals surface area contributed by atoms with Crippen molar-refractivity contribution < 1.29 is 9.53 Å². The molecule has 136 valence electrons. The lowest BCUT2D eigenvalue weighted by Crippen LogP contribution is -2.59. The molecule has 1 aromatic rings. The van der Waals surface area contributed by atoms with Gasteiger partial charge >= 0.3 is 6.03 Å². The SMILES string of the molecule is COc1cc2c(cc1N(C)C(N)=O)C[C@H]1C3CCCC[C@@]23CCN1C. The number of urea groups is 1. The van der Waals surface area contributed by atoms with E-state index in [4.69, 9.17) is 10.5 Å². The lowest BCUT2D eigenvalue weighted by atomic mass is 9.52. The van der Waals surface area contributed by atoms with Crippen LogP contribution < -0.4 is 15.4 Å². The second-order valence-electron chi connectivity index (χ2n) is 8.09.